The van der Waals surface area contributed by atoms with Gasteiger partial charge in [0.15, 0.2) is 11.5 Å². The molecule has 0 radical (unpaired) electrons. The number of carbonyl (C=O) groups is 2. The number of hydrogen-bond acceptors (Lipinski definition) is 7. The summed E-state index contributed by atoms with van der Waals surface area (Å²) >= 11 is 0. The first kappa shape index (κ1) is 26.1. The quantitative estimate of drug-likeness (QED) is 0.301. The molecule has 8 heteroatoms. The number of aliphatic hydroxyl groups excluding tert-OH is 1. The molecule has 0 spiro atoms. The van der Waals surface area contributed by atoms with Crippen LogP contribution in [0.2, 0.25) is 0 Å². The van der Waals surface area contributed by atoms with Crippen LogP contribution < -0.4 is 9.47 Å². The Kier molecular flexibility index (Phi) is 8.40. The molecule has 2 N–H and O–H groups in total. The minimum absolute atomic E-state index is 0.0923. The van der Waals surface area contributed by atoms with Gasteiger partial charge >= 0.3 is 0 Å². The van der Waals surface area contributed by atoms with Crippen molar-refractivity contribution in [2.45, 2.75) is 33.2 Å². The zero-order valence-corrected chi connectivity index (χ0v) is 21.0. The number of ketones is 1. The van der Waals surface area contributed by atoms with Crippen LogP contribution in [-0.4, -0.2) is 72.1 Å². The predicted molar refractivity (Wildman–Crippen MR) is 134 cm³/mol. The number of aliphatic hydroxyl groups is 1. The topological polar surface area (TPSA) is 99.5 Å². The third-order valence-corrected chi connectivity index (χ3v) is 6.44. The maximum atomic E-state index is 13.3. The number of benzene rings is 2. The van der Waals surface area contributed by atoms with E-state index in [0.717, 1.165) is 25.2 Å². The molecule has 35 heavy (non-hydrogen) atoms. The summed E-state index contributed by atoms with van der Waals surface area (Å²) in [6.45, 7) is 8.80. The lowest BCUT2D eigenvalue weighted by Gasteiger charge is -2.28. The SMILES string of the molecule is CCN(CC)CCCN1C(=O)C(=O)C(=C(O)c2cc(C)ccc2O)[C@@H]1c1cccc(OC)c1OC. The normalized spacial score (nSPS) is 17.3. The summed E-state index contributed by atoms with van der Waals surface area (Å²) < 4.78 is 11.1. The maximum Gasteiger partial charge on any atom is 0.295 e. The molecule has 0 aliphatic carbocycles. The summed E-state index contributed by atoms with van der Waals surface area (Å²) in [5.74, 6) is -1.30. The molecular weight excluding hydrogens is 448 g/mol. The van der Waals surface area contributed by atoms with Crippen molar-refractivity contribution >= 4 is 17.4 Å². The van der Waals surface area contributed by atoms with Crippen molar-refractivity contribution in [3.8, 4) is 17.2 Å². The highest BCUT2D eigenvalue weighted by Crippen LogP contribution is 2.46. The van der Waals surface area contributed by atoms with Crippen LogP contribution in [0.25, 0.3) is 5.76 Å². The van der Waals surface area contributed by atoms with E-state index in [0.29, 0.717) is 30.0 Å². The first-order valence-corrected chi connectivity index (χ1v) is 11.8. The highest BCUT2D eigenvalue weighted by molar-refractivity contribution is 6.46. The number of methoxy groups -OCH3 is 2. The number of hydrogen-bond donors (Lipinski definition) is 2. The van der Waals surface area contributed by atoms with E-state index in [1.807, 2.05) is 6.92 Å². The number of likely N-dealkylation sites (tertiary alicyclic amines) is 1. The Bertz CT molecular complexity index is 1120. The Morgan fingerprint density at radius 1 is 1.09 bits per heavy atom. The number of carbonyl (C=O) groups excluding carboxylic acids is 2. The highest BCUT2D eigenvalue weighted by atomic mass is 16.5. The summed E-state index contributed by atoms with van der Waals surface area (Å²) in [7, 11) is 2.99. The van der Waals surface area contributed by atoms with Crippen molar-refractivity contribution in [2.75, 3.05) is 40.4 Å². The molecule has 2 aromatic carbocycles. The average molecular weight is 483 g/mol. The van der Waals surface area contributed by atoms with Crippen LogP contribution in [-0.2, 0) is 9.59 Å². The van der Waals surface area contributed by atoms with Gasteiger partial charge in [-0.05, 0) is 51.2 Å². The first-order chi connectivity index (χ1) is 16.8. The van der Waals surface area contributed by atoms with Gasteiger partial charge in [0.05, 0.1) is 31.4 Å². The van der Waals surface area contributed by atoms with Crippen LogP contribution in [0.3, 0.4) is 0 Å². The van der Waals surface area contributed by atoms with E-state index in [4.69, 9.17) is 9.47 Å². The van der Waals surface area contributed by atoms with Gasteiger partial charge < -0.3 is 29.5 Å². The fourth-order valence-corrected chi connectivity index (χ4v) is 4.55. The van der Waals surface area contributed by atoms with Crippen molar-refractivity contribution in [2.24, 2.45) is 0 Å². The van der Waals surface area contributed by atoms with Crippen LogP contribution in [0.5, 0.6) is 17.2 Å². The van der Waals surface area contributed by atoms with E-state index in [9.17, 15) is 19.8 Å². The molecule has 0 bridgehead atoms. The minimum Gasteiger partial charge on any atom is -0.507 e. The van der Waals surface area contributed by atoms with Crippen molar-refractivity contribution in [1.29, 1.82) is 0 Å². The van der Waals surface area contributed by atoms with E-state index in [-0.39, 0.29) is 16.9 Å². The van der Waals surface area contributed by atoms with Gasteiger partial charge in [-0.15, -0.1) is 0 Å². The second-order valence-electron chi connectivity index (χ2n) is 8.48. The monoisotopic (exact) mass is 482 g/mol. The van der Waals surface area contributed by atoms with Gasteiger partial charge in [-0.3, -0.25) is 9.59 Å². The van der Waals surface area contributed by atoms with Gasteiger partial charge in [-0.2, -0.15) is 0 Å². The lowest BCUT2D eigenvalue weighted by Crippen LogP contribution is -2.33. The lowest BCUT2D eigenvalue weighted by atomic mass is 9.93. The van der Waals surface area contributed by atoms with Gasteiger partial charge in [0.2, 0.25) is 0 Å². The molecule has 1 heterocycles. The Hall–Kier alpha value is -3.52. The number of aryl methyl sites for hydroxylation is 1. The summed E-state index contributed by atoms with van der Waals surface area (Å²) in [6, 6.07) is 9.04. The van der Waals surface area contributed by atoms with Crippen LogP contribution in [0, 0.1) is 6.92 Å². The number of rotatable bonds is 10. The van der Waals surface area contributed by atoms with E-state index in [1.54, 1.807) is 30.3 Å². The molecular formula is C27H34N2O6. The molecule has 0 saturated carbocycles. The van der Waals surface area contributed by atoms with Crippen LogP contribution in [0.4, 0.5) is 0 Å². The molecule has 188 valence electrons. The molecule has 0 aromatic heterocycles. The largest absolute Gasteiger partial charge is 0.507 e. The summed E-state index contributed by atoms with van der Waals surface area (Å²) in [5.41, 5.74) is 1.30. The summed E-state index contributed by atoms with van der Waals surface area (Å²) in [4.78, 5) is 30.3. The molecule has 1 amide bonds. The van der Waals surface area contributed by atoms with Gasteiger partial charge in [-0.25, -0.2) is 0 Å². The zero-order valence-electron chi connectivity index (χ0n) is 21.0. The molecule has 1 saturated heterocycles. The average Bonchev–Trinajstić information content (AvgIpc) is 3.11. The van der Waals surface area contributed by atoms with Crippen molar-refractivity contribution in [3.63, 3.8) is 0 Å². The molecule has 1 aliphatic rings. The Morgan fingerprint density at radius 2 is 1.80 bits per heavy atom. The fourth-order valence-electron chi connectivity index (χ4n) is 4.55. The molecule has 8 nitrogen and oxygen atoms in total. The Labute approximate surface area is 206 Å². The number of amides is 1. The van der Waals surface area contributed by atoms with E-state index < -0.39 is 23.5 Å². The van der Waals surface area contributed by atoms with Crippen molar-refractivity contribution in [3.05, 3.63) is 58.7 Å². The van der Waals surface area contributed by atoms with E-state index in [2.05, 4.69) is 18.7 Å². The third kappa shape index (κ3) is 5.12. The standard InChI is InChI=1S/C27H34N2O6/c1-6-28(7-2)14-9-15-29-23(18-10-8-11-21(34-4)26(18)35-5)22(25(32)27(29)33)24(31)19-16-17(3)12-13-20(19)30/h8,10-13,16,23,30-31H,6-7,9,14-15H2,1-5H3/t23-/m0/s1. The van der Waals surface area contributed by atoms with E-state index >= 15 is 0 Å². The third-order valence-electron chi connectivity index (χ3n) is 6.44. The molecule has 3 rings (SSSR count). The molecule has 0 unspecified atom stereocenters. The zero-order chi connectivity index (χ0) is 25.7. The lowest BCUT2D eigenvalue weighted by molar-refractivity contribution is -0.140. The van der Waals surface area contributed by atoms with Gasteiger partial charge in [0.1, 0.15) is 11.5 Å². The second kappa shape index (κ2) is 11.3. The van der Waals surface area contributed by atoms with Crippen LogP contribution in [0.15, 0.2) is 42.0 Å². The van der Waals surface area contributed by atoms with Gasteiger partial charge in [0.25, 0.3) is 11.7 Å². The number of phenolic OH excluding ortho intramolecular Hbond substituents is 1. The minimum atomic E-state index is -0.906. The number of nitrogens with zero attached hydrogens (tertiary/aromatic N) is 2. The summed E-state index contributed by atoms with van der Waals surface area (Å²) in [6.07, 6.45) is 0.646. The molecule has 1 fully saturated rings. The molecule has 2 aromatic rings. The van der Waals surface area contributed by atoms with Gasteiger partial charge in [0, 0.05) is 12.1 Å². The van der Waals surface area contributed by atoms with Crippen LogP contribution >= 0.6 is 0 Å². The molecule has 1 atom stereocenters. The first-order valence-electron chi connectivity index (χ1n) is 11.8. The number of phenols is 1. The summed E-state index contributed by atoms with van der Waals surface area (Å²) in [5, 5.41) is 21.7. The van der Waals surface area contributed by atoms with Crippen molar-refractivity contribution in [1.82, 2.24) is 9.80 Å². The number of para-hydroxylation sites is 1. The highest BCUT2D eigenvalue weighted by Gasteiger charge is 2.47. The maximum absolute atomic E-state index is 13.3. The molecule has 1 aliphatic heterocycles. The van der Waals surface area contributed by atoms with E-state index in [1.165, 1.54) is 25.2 Å². The number of aromatic hydroxyl groups is 1. The predicted octanol–water partition coefficient (Wildman–Crippen LogP) is 3.87. The van der Waals surface area contributed by atoms with Crippen molar-refractivity contribution < 1.29 is 29.3 Å². The number of Topliss-reactive ketones (excluding diaryl/α,β-unsaturated/α-hetero) is 1. The smallest absolute Gasteiger partial charge is 0.295 e. The Morgan fingerprint density at radius 3 is 2.43 bits per heavy atom. The fraction of sp³-hybridized carbons (Fsp3) is 0.407. The number of ether oxygens (including phenoxy) is 2. The van der Waals surface area contributed by atoms with Crippen LogP contribution in [0.1, 0.15) is 43.0 Å². The second-order valence-corrected chi connectivity index (χ2v) is 8.48. The Balaban J connectivity index is 2.18. The van der Waals surface area contributed by atoms with Gasteiger partial charge in [-0.1, -0.05) is 37.6 Å².